The van der Waals surface area contributed by atoms with Crippen molar-refractivity contribution in [3.05, 3.63) is 133 Å². The van der Waals surface area contributed by atoms with Gasteiger partial charge < -0.3 is 18.9 Å². The van der Waals surface area contributed by atoms with Gasteiger partial charge in [0.25, 0.3) is 0 Å². The highest BCUT2D eigenvalue weighted by molar-refractivity contribution is 5.62. The highest BCUT2D eigenvalue weighted by Gasteiger charge is 2.36. The molecule has 0 saturated carbocycles. The van der Waals surface area contributed by atoms with Gasteiger partial charge in [0.05, 0.1) is 75.2 Å². The molecule has 2 aliphatic rings. The van der Waals surface area contributed by atoms with E-state index in [0.717, 1.165) is 117 Å². The molecule has 12 heteroatoms. The number of hydrazine groups is 1. The zero-order chi connectivity index (χ0) is 44.3. The van der Waals surface area contributed by atoms with Crippen LogP contribution in [0.4, 0.5) is 11.4 Å². The Kier molecular flexibility index (Phi) is 14.9. The van der Waals surface area contributed by atoms with E-state index in [1.165, 1.54) is 11.1 Å². The molecular formula is C52H62N8O4. The molecule has 4 aromatic carbocycles. The molecule has 0 spiro atoms. The van der Waals surface area contributed by atoms with Crippen molar-refractivity contribution >= 4 is 11.4 Å². The van der Waals surface area contributed by atoms with Crippen molar-refractivity contribution in [3.8, 4) is 45.8 Å². The Bertz CT molecular complexity index is 2350. The van der Waals surface area contributed by atoms with Crippen LogP contribution in [0.25, 0.3) is 22.8 Å². The number of nitrogens with zero attached hydrogens (tertiary/aromatic N) is 8. The van der Waals surface area contributed by atoms with Crippen molar-refractivity contribution < 1.29 is 18.9 Å². The minimum Gasteiger partial charge on any atom is -0.493 e. The molecule has 0 bridgehead atoms. The molecule has 4 heterocycles. The van der Waals surface area contributed by atoms with E-state index in [2.05, 4.69) is 75.3 Å². The Labute approximate surface area is 378 Å². The second-order valence-corrected chi connectivity index (χ2v) is 17.0. The van der Waals surface area contributed by atoms with Crippen LogP contribution in [0.2, 0.25) is 0 Å². The molecule has 6 aromatic rings. The van der Waals surface area contributed by atoms with E-state index in [9.17, 15) is 0 Å². The second-order valence-electron chi connectivity index (χ2n) is 17.0. The minimum atomic E-state index is 0.0545. The fourth-order valence-corrected chi connectivity index (χ4v) is 8.84. The molecule has 2 aliphatic heterocycles. The summed E-state index contributed by atoms with van der Waals surface area (Å²) in [7, 11) is 3.39. The SMILES string of the molecule is CCCOc1cc(CN2CCC(N(c3cnc(-c4ccccc4)nc3)N(c3cnc(-c4ccccc4)nc3)C3CCN(Cc4ccc(OC)c(OC(C)C)c4)CC3)CC2)ccc1OC. The van der Waals surface area contributed by atoms with Gasteiger partial charge in [-0.25, -0.2) is 19.9 Å². The lowest BCUT2D eigenvalue weighted by molar-refractivity contribution is 0.183. The predicted octanol–water partition coefficient (Wildman–Crippen LogP) is 9.75. The van der Waals surface area contributed by atoms with Crippen molar-refractivity contribution in [2.75, 3.05) is 57.0 Å². The maximum atomic E-state index is 6.13. The number of hydrogen-bond donors (Lipinski definition) is 0. The molecule has 64 heavy (non-hydrogen) atoms. The van der Waals surface area contributed by atoms with E-state index in [0.29, 0.717) is 18.3 Å². The average Bonchev–Trinajstić information content (AvgIpc) is 3.34. The van der Waals surface area contributed by atoms with E-state index in [1.807, 2.05) is 87.2 Å². The molecule has 0 radical (unpaired) electrons. The number of hydrogen-bond acceptors (Lipinski definition) is 12. The lowest BCUT2D eigenvalue weighted by atomic mass is 10.00. The van der Waals surface area contributed by atoms with Crippen molar-refractivity contribution in [2.24, 2.45) is 0 Å². The van der Waals surface area contributed by atoms with Gasteiger partial charge in [-0.05, 0) is 81.3 Å². The number of benzene rings is 4. The van der Waals surface area contributed by atoms with Gasteiger partial charge in [0.2, 0.25) is 0 Å². The van der Waals surface area contributed by atoms with Gasteiger partial charge in [0.1, 0.15) is 0 Å². The molecule has 0 aliphatic carbocycles. The number of ether oxygens (including phenoxy) is 4. The van der Waals surface area contributed by atoms with Crippen LogP contribution in [0.15, 0.2) is 122 Å². The van der Waals surface area contributed by atoms with Crippen LogP contribution in [0, 0.1) is 0 Å². The molecule has 8 rings (SSSR count). The minimum absolute atomic E-state index is 0.0545. The van der Waals surface area contributed by atoms with E-state index in [1.54, 1.807) is 14.2 Å². The zero-order valence-electron chi connectivity index (χ0n) is 38.0. The number of methoxy groups -OCH3 is 2. The number of rotatable bonds is 18. The summed E-state index contributed by atoms with van der Waals surface area (Å²) >= 11 is 0. The van der Waals surface area contributed by atoms with Gasteiger partial charge in [-0.15, -0.1) is 0 Å². The fraction of sp³-hybridized carbons (Fsp3) is 0.385. The third-order valence-corrected chi connectivity index (χ3v) is 12.0. The van der Waals surface area contributed by atoms with Crippen molar-refractivity contribution in [3.63, 3.8) is 0 Å². The number of likely N-dealkylation sites (tertiary alicyclic amines) is 2. The van der Waals surface area contributed by atoms with Crippen LogP contribution >= 0.6 is 0 Å². The monoisotopic (exact) mass is 862 g/mol. The maximum absolute atomic E-state index is 6.13. The Morgan fingerprint density at radius 1 is 0.562 bits per heavy atom. The van der Waals surface area contributed by atoms with Gasteiger partial charge in [0.15, 0.2) is 34.6 Å². The summed E-state index contributed by atoms with van der Waals surface area (Å²) in [4.78, 5) is 25.0. The van der Waals surface area contributed by atoms with E-state index < -0.39 is 0 Å². The van der Waals surface area contributed by atoms with Gasteiger partial charge in [-0.3, -0.25) is 19.8 Å². The van der Waals surface area contributed by atoms with E-state index in [4.69, 9.17) is 38.9 Å². The van der Waals surface area contributed by atoms with E-state index >= 15 is 0 Å². The molecule has 0 N–H and O–H groups in total. The normalized spacial score (nSPS) is 15.2. The summed E-state index contributed by atoms with van der Waals surface area (Å²) < 4.78 is 23.4. The molecule has 0 atom stereocenters. The largest absolute Gasteiger partial charge is 0.493 e. The van der Waals surface area contributed by atoms with Crippen LogP contribution < -0.4 is 29.0 Å². The summed E-state index contributed by atoms with van der Waals surface area (Å²) in [5.74, 6) is 4.52. The number of aromatic nitrogens is 4. The molecule has 334 valence electrons. The molecule has 2 fully saturated rings. The molecule has 0 amide bonds. The summed E-state index contributed by atoms with van der Waals surface area (Å²) in [6, 6.07) is 33.3. The highest BCUT2D eigenvalue weighted by Crippen LogP contribution is 2.36. The quantitative estimate of drug-likeness (QED) is 0.0770. The first kappa shape index (κ1) is 44.4. The van der Waals surface area contributed by atoms with E-state index in [-0.39, 0.29) is 18.2 Å². The van der Waals surface area contributed by atoms with Crippen molar-refractivity contribution in [2.45, 2.75) is 84.2 Å². The summed E-state index contributed by atoms with van der Waals surface area (Å²) in [5.41, 5.74) is 6.32. The Hall–Kier alpha value is -6.24. The molecular weight excluding hydrogens is 801 g/mol. The number of piperidine rings is 2. The first-order chi connectivity index (χ1) is 31.4. The molecule has 2 saturated heterocycles. The summed E-state index contributed by atoms with van der Waals surface area (Å²) in [6.45, 7) is 12.3. The van der Waals surface area contributed by atoms with Crippen LogP contribution in [0.5, 0.6) is 23.0 Å². The van der Waals surface area contributed by atoms with Crippen LogP contribution in [-0.2, 0) is 13.1 Å². The molecule has 12 nitrogen and oxygen atoms in total. The molecule has 2 aromatic heterocycles. The highest BCUT2D eigenvalue weighted by atomic mass is 16.5. The summed E-state index contributed by atoms with van der Waals surface area (Å²) in [6.07, 6.45) is 12.8. The standard InChI is InChI=1S/C52H62N8O4/c1-6-29-63-49-30-39(17-19-47(49)61-4)36-57-25-21-43(22-26-57)59(45-32-53-51(54-33-45)41-13-9-7-10-14-41)60(46-34-55-52(56-35-46)42-15-11-8-12-16-42)44-23-27-58(28-24-44)37-40-18-20-48(62-5)50(31-40)64-38(2)3/h7-20,30-35,38,43-44H,6,21-29,36-37H2,1-5H3. The van der Waals surface area contributed by atoms with Crippen LogP contribution in [0.3, 0.4) is 0 Å². The predicted molar refractivity (Wildman–Crippen MR) is 254 cm³/mol. The van der Waals surface area contributed by atoms with Crippen molar-refractivity contribution in [1.82, 2.24) is 29.7 Å². The van der Waals surface area contributed by atoms with Gasteiger partial charge >= 0.3 is 0 Å². The Balaban J connectivity index is 1.08. The first-order valence-corrected chi connectivity index (χ1v) is 22.8. The zero-order valence-corrected chi connectivity index (χ0v) is 38.0. The fourth-order valence-electron chi connectivity index (χ4n) is 8.84. The van der Waals surface area contributed by atoms with Crippen molar-refractivity contribution in [1.29, 1.82) is 0 Å². The Morgan fingerprint density at radius 2 is 0.984 bits per heavy atom. The number of anilines is 2. The van der Waals surface area contributed by atoms with Gasteiger partial charge in [-0.2, -0.15) is 0 Å². The van der Waals surface area contributed by atoms with Gasteiger partial charge in [0, 0.05) is 50.4 Å². The lowest BCUT2D eigenvalue weighted by Gasteiger charge is -2.50. The Morgan fingerprint density at radius 3 is 1.39 bits per heavy atom. The third kappa shape index (κ3) is 10.9. The van der Waals surface area contributed by atoms with Crippen LogP contribution in [-0.4, -0.2) is 94.9 Å². The first-order valence-electron chi connectivity index (χ1n) is 22.8. The molecule has 0 unspecified atom stereocenters. The smallest absolute Gasteiger partial charge is 0.161 e. The average molecular weight is 863 g/mol. The summed E-state index contributed by atoms with van der Waals surface area (Å²) in [5, 5.41) is 4.96. The lowest BCUT2D eigenvalue weighted by Crippen LogP contribution is -2.59. The second kappa shape index (κ2) is 21.4. The topological polar surface area (TPSA) is 101 Å². The third-order valence-electron chi connectivity index (χ3n) is 12.0. The van der Waals surface area contributed by atoms with Crippen LogP contribution in [0.1, 0.15) is 64.0 Å². The maximum Gasteiger partial charge on any atom is 0.161 e. The van der Waals surface area contributed by atoms with Gasteiger partial charge in [-0.1, -0.05) is 79.7 Å².